The predicted octanol–water partition coefficient (Wildman–Crippen LogP) is 2.91. The molecule has 0 aliphatic carbocycles. The van der Waals surface area contributed by atoms with E-state index in [1.807, 2.05) is 30.3 Å². The van der Waals surface area contributed by atoms with E-state index in [4.69, 9.17) is 9.47 Å². The molecule has 164 valence electrons. The lowest BCUT2D eigenvalue weighted by molar-refractivity contribution is -0.385. The number of hydrogen-bond donors (Lipinski definition) is 0. The summed E-state index contributed by atoms with van der Waals surface area (Å²) in [5.41, 5.74) is -0.0453. The Morgan fingerprint density at radius 3 is 2.52 bits per heavy atom. The SMILES string of the molecule is COC(=O)[C@H]1C[C@H](F)CN1C(=O)c1cc(OC)c(OCc2ccccc2)cc1[N+](=O)[O-]. The van der Waals surface area contributed by atoms with Gasteiger partial charge in [-0.1, -0.05) is 30.3 Å². The lowest BCUT2D eigenvalue weighted by Gasteiger charge is -2.22. The van der Waals surface area contributed by atoms with E-state index in [1.165, 1.54) is 13.2 Å². The summed E-state index contributed by atoms with van der Waals surface area (Å²) >= 11 is 0. The highest BCUT2D eigenvalue weighted by Gasteiger charge is 2.42. The molecule has 0 unspecified atom stereocenters. The van der Waals surface area contributed by atoms with Crippen molar-refractivity contribution >= 4 is 17.6 Å². The Morgan fingerprint density at radius 2 is 1.90 bits per heavy atom. The van der Waals surface area contributed by atoms with E-state index in [-0.39, 0.29) is 36.6 Å². The van der Waals surface area contributed by atoms with Gasteiger partial charge in [-0.25, -0.2) is 9.18 Å². The zero-order chi connectivity index (χ0) is 22.5. The first-order chi connectivity index (χ1) is 14.8. The van der Waals surface area contributed by atoms with Crippen molar-refractivity contribution in [1.29, 1.82) is 0 Å². The van der Waals surface area contributed by atoms with Gasteiger partial charge in [-0.15, -0.1) is 0 Å². The van der Waals surface area contributed by atoms with Crippen molar-refractivity contribution in [2.24, 2.45) is 0 Å². The normalized spacial score (nSPS) is 17.8. The highest BCUT2D eigenvalue weighted by molar-refractivity contribution is 6.01. The van der Waals surface area contributed by atoms with Crippen LogP contribution in [0.5, 0.6) is 11.5 Å². The fourth-order valence-electron chi connectivity index (χ4n) is 3.40. The van der Waals surface area contributed by atoms with E-state index >= 15 is 0 Å². The summed E-state index contributed by atoms with van der Waals surface area (Å²) < 4.78 is 29.5. The smallest absolute Gasteiger partial charge is 0.328 e. The number of amides is 1. The number of nitro groups is 1. The van der Waals surface area contributed by atoms with Crippen LogP contribution in [0.1, 0.15) is 22.3 Å². The summed E-state index contributed by atoms with van der Waals surface area (Å²) in [5, 5.41) is 11.7. The molecule has 1 heterocycles. The number of rotatable bonds is 7. The number of methoxy groups -OCH3 is 2. The fourth-order valence-corrected chi connectivity index (χ4v) is 3.40. The number of benzene rings is 2. The highest BCUT2D eigenvalue weighted by Crippen LogP contribution is 2.37. The molecular formula is C21H21FN2O7. The number of esters is 1. The molecule has 1 aliphatic heterocycles. The number of halogens is 1. The van der Waals surface area contributed by atoms with Crippen molar-refractivity contribution in [3.05, 3.63) is 63.7 Å². The number of carbonyl (C=O) groups excluding carboxylic acids is 2. The molecule has 1 aliphatic rings. The maximum absolute atomic E-state index is 13.9. The van der Waals surface area contributed by atoms with Crippen LogP contribution < -0.4 is 9.47 Å². The molecule has 3 rings (SSSR count). The number of ether oxygens (including phenoxy) is 3. The van der Waals surface area contributed by atoms with Gasteiger partial charge in [-0.3, -0.25) is 14.9 Å². The monoisotopic (exact) mass is 432 g/mol. The van der Waals surface area contributed by atoms with Gasteiger partial charge in [0.15, 0.2) is 11.5 Å². The van der Waals surface area contributed by atoms with Crippen LogP contribution in [-0.2, 0) is 16.1 Å². The first kappa shape index (κ1) is 22.0. The average Bonchev–Trinajstić information content (AvgIpc) is 3.18. The maximum Gasteiger partial charge on any atom is 0.328 e. The summed E-state index contributed by atoms with van der Waals surface area (Å²) in [6, 6.07) is 10.2. The zero-order valence-electron chi connectivity index (χ0n) is 16.9. The van der Waals surface area contributed by atoms with Crippen molar-refractivity contribution in [2.75, 3.05) is 20.8 Å². The minimum atomic E-state index is -1.44. The number of alkyl halides is 1. The molecule has 0 N–H and O–H groups in total. The van der Waals surface area contributed by atoms with Gasteiger partial charge in [0, 0.05) is 12.5 Å². The van der Waals surface area contributed by atoms with Gasteiger partial charge < -0.3 is 19.1 Å². The van der Waals surface area contributed by atoms with Gasteiger partial charge in [0.2, 0.25) is 0 Å². The van der Waals surface area contributed by atoms with Crippen molar-refractivity contribution in [3.8, 4) is 11.5 Å². The van der Waals surface area contributed by atoms with Gasteiger partial charge in [0.05, 0.1) is 31.8 Å². The molecule has 2 aromatic rings. The Morgan fingerprint density at radius 1 is 1.19 bits per heavy atom. The van der Waals surface area contributed by atoms with E-state index < -0.39 is 34.7 Å². The lowest BCUT2D eigenvalue weighted by atomic mass is 10.1. The molecule has 0 aromatic heterocycles. The van der Waals surface area contributed by atoms with Gasteiger partial charge in [-0.05, 0) is 5.56 Å². The third kappa shape index (κ3) is 4.73. The van der Waals surface area contributed by atoms with E-state index in [0.717, 1.165) is 23.6 Å². The third-order valence-corrected chi connectivity index (χ3v) is 4.93. The Labute approximate surface area is 177 Å². The quantitative estimate of drug-likeness (QED) is 0.376. The molecule has 0 bridgehead atoms. The van der Waals surface area contributed by atoms with Crippen LogP contribution in [0.2, 0.25) is 0 Å². The first-order valence-electron chi connectivity index (χ1n) is 9.41. The van der Waals surface area contributed by atoms with E-state index in [9.17, 15) is 24.1 Å². The number of nitrogens with zero attached hydrogens (tertiary/aromatic N) is 2. The average molecular weight is 432 g/mol. The van der Waals surface area contributed by atoms with Gasteiger partial charge in [0.25, 0.3) is 11.6 Å². The van der Waals surface area contributed by atoms with Crippen LogP contribution in [0.3, 0.4) is 0 Å². The van der Waals surface area contributed by atoms with Crippen LogP contribution in [0.15, 0.2) is 42.5 Å². The number of hydrogen-bond acceptors (Lipinski definition) is 7. The lowest BCUT2D eigenvalue weighted by Crippen LogP contribution is -2.41. The predicted molar refractivity (Wildman–Crippen MR) is 107 cm³/mol. The summed E-state index contributed by atoms with van der Waals surface area (Å²) in [6.45, 7) is -0.244. The molecule has 2 aromatic carbocycles. The zero-order valence-corrected chi connectivity index (χ0v) is 16.9. The molecule has 1 amide bonds. The topological polar surface area (TPSA) is 108 Å². The second-order valence-electron chi connectivity index (χ2n) is 6.88. The molecule has 1 fully saturated rings. The van der Waals surface area contributed by atoms with Crippen molar-refractivity contribution in [1.82, 2.24) is 4.90 Å². The minimum absolute atomic E-state index is 0.0731. The van der Waals surface area contributed by atoms with Crippen molar-refractivity contribution in [2.45, 2.75) is 25.2 Å². The van der Waals surface area contributed by atoms with Crippen molar-refractivity contribution < 1.29 is 33.1 Å². The van der Waals surface area contributed by atoms with Crippen molar-refractivity contribution in [3.63, 3.8) is 0 Å². The standard InChI is InChI=1S/C21H21FN2O7/c1-29-18-9-15(20(25)23-11-14(22)8-17(23)21(26)30-2)16(24(27)28)10-19(18)31-12-13-6-4-3-5-7-13/h3-7,9-10,14,17H,8,11-12H2,1-2H3/t14-,17+/m0/s1. The summed E-state index contributed by atoms with van der Waals surface area (Å²) in [7, 11) is 2.45. The summed E-state index contributed by atoms with van der Waals surface area (Å²) in [5.74, 6) is -1.49. The summed E-state index contributed by atoms with van der Waals surface area (Å²) in [6.07, 6.45) is -1.68. The number of nitro benzene ring substituents is 1. The largest absolute Gasteiger partial charge is 0.493 e. The number of carbonyl (C=O) groups is 2. The van der Waals surface area contributed by atoms with Crippen LogP contribution in [0.4, 0.5) is 10.1 Å². The molecule has 2 atom stereocenters. The summed E-state index contributed by atoms with van der Waals surface area (Å²) in [4.78, 5) is 36.9. The fraction of sp³-hybridized carbons (Fsp3) is 0.333. The first-order valence-corrected chi connectivity index (χ1v) is 9.41. The number of likely N-dealkylation sites (tertiary alicyclic amines) is 1. The molecule has 0 radical (unpaired) electrons. The van der Waals surface area contributed by atoms with Crippen LogP contribution in [-0.4, -0.2) is 54.7 Å². The Bertz CT molecular complexity index is 983. The van der Waals surface area contributed by atoms with Crippen LogP contribution in [0, 0.1) is 10.1 Å². The molecule has 10 heteroatoms. The van der Waals surface area contributed by atoms with Gasteiger partial charge in [-0.2, -0.15) is 0 Å². The Kier molecular flexibility index (Phi) is 6.68. The van der Waals surface area contributed by atoms with E-state index in [2.05, 4.69) is 4.74 Å². The second kappa shape index (κ2) is 9.41. The molecule has 0 spiro atoms. The second-order valence-corrected chi connectivity index (χ2v) is 6.88. The Hall–Kier alpha value is -3.69. The van der Waals surface area contributed by atoms with Crippen LogP contribution in [0.25, 0.3) is 0 Å². The Balaban J connectivity index is 1.95. The van der Waals surface area contributed by atoms with E-state index in [1.54, 1.807) is 0 Å². The molecule has 31 heavy (non-hydrogen) atoms. The highest BCUT2D eigenvalue weighted by atomic mass is 19.1. The molecule has 0 saturated carbocycles. The minimum Gasteiger partial charge on any atom is -0.493 e. The van der Waals surface area contributed by atoms with E-state index in [0.29, 0.717) is 0 Å². The van der Waals surface area contributed by atoms with Gasteiger partial charge >= 0.3 is 5.97 Å². The van der Waals surface area contributed by atoms with Gasteiger partial charge in [0.1, 0.15) is 24.4 Å². The molecule has 1 saturated heterocycles. The maximum atomic E-state index is 13.9. The third-order valence-electron chi connectivity index (χ3n) is 4.93. The molecular weight excluding hydrogens is 411 g/mol. The van der Waals surface area contributed by atoms with Crippen LogP contribution >= 0.6 is 0 Å². The molecule has 9 nitrogen and oxygen atoms in total.